The van der Waals surface area contributed by atoms with E-state index in [0.29, 0.717) is 0 Å². The van der Waals surface area contributed by atoms with Gasteiger partial charge in [-0.1, -0.05) is 0 Å². The van der Waals surface area contributed by atoms with Crippen molar-refractivity contribution in [1.29, 1.82) is 0 Å². The Hall–Kier alpha value is -1.59. The Morgan fingerprint density at radius 1 is 1.37 bits per heavy atom. The second-order valence-corrected chi connectivity index (χ2v) is 5.66. The van der Waals surface area contributed by atoms with Crippen LogP contribution in [0.2, 0.25) is 0 Å². The molecule has 19 heavy (non-hydrogen) atoms. The zero-order valence-corrected chi connectivity index (χ0v) is 12.3. The molecule has 5 heteroatoms. The highest BCUT2D eigenvalue weighted by molar-refractivity contribution is 7.09. The number of nitrogens with zero attached hydrogens (tertiary/aromatic N) is 2. The van der Waals surface area contributed by atoms with Crippen molar-refractivity contribution in [2.45, 2.75) is 20.0 Å². The van der Waals surface area contributed by atoms with Crippen LogP contribution < -0.4 is 10.5 Å². The van der Waals surface area contributed by atoms with Gasteiger partial charge in [-0.2, -0.15) is 0 Å². The smallest absolute Gasteiger partial charge is 0.123 e. The van der Waals surface area contributed by atoms with Crippen LogP contribution >= 0.6 is 11.3 Å². The van der Waals surface area contributed by atoms with Gasteiger partial charge in [0.2, 0.25) is 0 Å². The largest absolute Gasteiger partial charge is 0.496 e. The first kappa shape index (κ1) is 13.8. The normalized spacial score (nSPS) is 10.9. The van der Waals surface area contributed by atoms with Gasteiger partial charge >= 0.3 is 0 Å². The number of aromatic nitrogens is 1. The van der Waals surface area contributed by atoms with Crippen molar-refractivity contribution < 1.29 is 4.74 Å². The summed E-state index contributed by atoms with van der Waals surface area (Å²) in [5, 5.41) is 3.20. The number of aryl methyl sites for hydroxylation is 1. The van der Waals surface area contributed by atoms with Gasteiger partial charge in [-0.05, 0) is 32.2 Å². The fourth-order valence-corrected chi connectivity index (χ4v) is 2.63. The van der Waals surface area contributed by atoms with E-state index in [4.69, 9.17) is 10.5 Å². The van der Waals surface area contributed by atoms with E-state index in [2.05, 4.69) is 22.3 Å². The Bertz CT molecular complexity index is 553. The van der Waals surface area contributed by atoms with Crippen molar-refractivity contribution in [3.05, 3.63) is 39.8 Å². The highest BCUT2D eigenvalue weighted by atomic mass is 32.1. The van der Waals surface area contributed by atoms with Gasteiger partial charge < -0.3 is 10.5 Å². The lowest BCUT2D eigenvalue weighted by Crippen LogP contribution is -2.18. The summed E-state index contributed by atoms with van der Waals surface area (Å²) in [5.74, 6) is 0.871. The molecule has 0 unspecified atom stereocenters. The Balaban J connectivity index is 2.05. The molecule has 0 bridgehead atoms. The molecule has 2 N–H and O–H groups in total. The van der Waals surface area contributed by atoms with Crippen molar-refractivity contribution in [3.63, 3.8) is 0 Å². The molecule has 1 heterocycles. The minimum Gasteiger partial charge on any atom is -0.496 e. The average molecular weight is 277 g/mol. The predicted octanol–water partition coefficient (Wildman–Crippen LogP) is 2.67. The molecule has 0 saturated heterocycles. The topological polar surface area (TPSA) is 51.4 Å². The van der Waals surface area contributed by atoms with Crippen molar-refractivity contribution in [2.75, 3.05) is 19.9 Å². The SMILES string of the molecule is COc1ccc(N)cc1CN(C)Cc1csc(C)n1. The predicted molar refractivity (Wildman–Crippen MR) is 79.4 cm³/mol. The first-order valence-electron chi connectivity index (χ1n) is 6.10. The number of ether oxygens (including phenoxy) is 1. The van der Waals surface area contributed by atoms with E-state index in [1.54, 1.807) is 18.4 Å². The van der Waals surface area contributed by atoms with Crippen molar-refractivity contribution in [2.24, 2.45) is 0 Å². The van der Waals surface area contributed by atoms with Gasteiger partial charge in [0, 0.05) is 29.7 Å². The number of nitrogen functional groups attached to an aromatic ring is 1. The minimum atomic E-state index is 0.758. The van der Waals surface area contributed by atoms with Crippen LogP contribution in [0, 0.1) is 6.92 Å². The maximum Gasteiger partial charge on any atom is 0.123 e. The van der Waals surface area contributed by atoms with Crippen LogP contribution in [0.1, 0.15) is 16.3 Å². The quantitative estimate of drug-likeness (QED) is 0.854. The molecule has 2 aromatic rings. The van der Waals surface area contributed by atoms with E-state index < -0.39 is 0 Å². The number of thiazole rings is 1. The molecule has 0 atom stereocenters. The zero-order valence-electron chi connectivity index (χ0n) is 11.5. The van der Waals surface area contributed by atoms with Crippen molar-refractivity contribution >= 4 is 17.0 Å². The van der Waals surface area contributed by atoms with Crippen LogP contribution in [0.3, 0.4) is 0 Å². The third-order valence-corrected chi connectivity index (χ3v) is 3.67. The summed E-state index contributed by atoms with van der Waals surface area (Å²) >= 11 is 1.68. The van der Waals surface area contributed by atoms with Gasteiger partial charge in [0.15, 0.2) is 0 Å². The maximum absolute atomic E-state index is 5.83. The lowest BCUT2D eigenvalue weighted by Gasteiger charge is -2.17. The van der Waals surface area contributed by atoms with Gasteiger partial charge in [0.05, 0.1) is 17.8 Å². The summed E-state index contributed by atoms with van der Waals surface area (Å²) in [6.45, 7) is 3.63. The highest BCUT2D eigenvalue weighted by Crippen LogP contribution is 2.23. The van der Waals surface area contributed by atoms with Crippen molar-refractivity contribution in [3.8, 4) is 5.75 Å². The second kappa shape index (κ2) is 6.04. The fourth-order valence-electron chi connectivity index (χ4n) is 2.03. The molecule has 102 valence electrons. The Morgan fingerprint density at radius 3 is 2.79 bits per heavy atom. The zero-order chi connectivity index (χ0) is 13.8. The van der Waals surface area contributed by atoms with Gasteiger partial charge in [-0.25, -0.2) is 4.98 Å². The lowest BCUT2D eigenvalue weighted by molar-refractivity contribution is 0.307. The van der Waals surface area contributed by atoms with Gasteiger partial charge in [-0.3, -0.25) is 4.90 Å². The average Bonchev–Trinajstić information content (AvgIpc) is 2.75. The molecule has 0 fully saturated rings. The van der Waals surface area contributed by atoms with Gasteiger partial charge in [0.25, 0.3) is 0 Å². The van der Waals surface area contributed by atoms with E-state index in [0.717, 1.165) is 40.8 Å². The molecule has 4 nitrogen and oxygen atoms in total. The van der Waals surface area contributed by atoms with Crippen LogP contribution in [-0.2, 0) is 13.1 Å². The molecule has 0 aliphatic carbocycles. The number of hydrogen-bond donors (Lipinski definition) is 1. The van der Waals surface area contributed by atoms with Crippen LogP contribution in [0.5, 0.6) is 5.75 Å². The lowest BCUT2D eigenvalue weighted by atomic mass is 10.1. The summed E-state index contributed by atoms with van der Waals surface area (Å²) in [7, 11) is 3.75. The summed E-state index contributed by atoms with van der Waals surface area (Å²) in [5.41, 5.74) is 8.79. The molecule has 0 saturated carbocycles. The number of benzene rings is 1. The molecule has 0 aliphatic heterocycles. The Kier molecular flexibility index (Phi) is 4.39. The number of nitrogens with two attached hydrogens (primary N) is 1. The third kappa shape index (κ3) is 3.68. The molecule has 0 aliphatic rings. The molecule has 0 spiro atoms. The molecular weight excluding hydrogens is 258 g/mol. The maximum atomic E-state index is 5.83. The van der Waals surface area contributed by atoms with E-state index in [1.807, 2.05) is 25.1 Å². The van der Waals surface area contributed by atoms with Gasteiger partial charge in [-0.15, -0.1) is 11.3 Å². The monoisotopic (exact) mass is 277 g/mol. The van der Waals surface area contributed by atoms with Crippen LogP contribution in [0.25, 0.3) is 0 Å². The first-order chi connectivity index (χ1) is 9.08. The second-order valence-electron chi connectivity index (χ2n) is 4.60. The van der Waals surface area contributed by atoms with E-state index in [9.17, 15) is 0 Å². The molecule has 2 rings (SSSR count). The molecule has 0 radical (unpaired) electrons. The highest BCUT2D eigenvalue weighted by Gasteiger charge is 2.09. The Morgan fingerprint density at radius 2 is 2.16 bits per heavy atom. The summed E-state index contributed by atoms with van der Waals surface area (Å²) in [4.78, 5) is 6.67. The van der Waals surface area contributed by atoms with Crippen LogP contribution in [0.4, 0.5) is 5.69 Å². The number of anilines is 1. The number of methoxy groups -OCH3 is 1. The number of hydrogen-bond acceptors (Lipinski definition) is 5. The molecular formula is C14H19N3OS. The summed E-state index contributed by atoms with van der Waals surface area (Å²) < 4.78 is 5.36. The van der Waals surface area contributed by atoms with E-state index in [1.165, 1.54) is 0 Å². The summed E-state index contributed by atoms with van der Waals surface area (Å²) in [6, 6.07) is 5.72. The van der Waals surface area contributed by atoms with Crippen molar-refractivity contribution in [1.82, 2.24) is 9.88 Å². The summed E-state index contributed by atoms with van der Waals surface area (Å²) in [6.07, 6.45) is 0. The van der Waals surface area contributed by atoms with Gasteiger partial charge in [0.1, 0.15) is 5.75 Å². The first-order valence-corrected chi connectivity index (χ1v) is 6.98. The van der Waals surface area contributed by atoms with E-state index >= 15 is 0 Å². The number of rotatable bonds is 5. The van der Waals surface area contributed by atoms with Crippen LogP contribution in [0.15, 0.2) is 23.6 Å². The van der Waals surface area contributed by atoms with E-state index in [-0.39, 0.29) is 0 Å². The molecule has 1 aromatic heterocycles. The third-order valence-electron chi connectivity index (χ3n) is 2.84. The van der Waals surface area contributed by atoms with Crippen LogP contribution in [-0.4, -0.2) is 24.0 Å². The Labute approximate surface area is 117 Å². The molecule has 0 amide bonds. The standard InChI is InChI=1S/C14H19N3OS/c1-10-16-13(9-19-10)8-17(2)7-11-6-12(15)4-5-14(11)18-3/h4-6,9H,7-8,15H2,1-3H3. The minimum absolute atomic E-state index is 0.758. The molecule has 1 aromatic carbocycles. The fraction of sp³-hybridized carbons (Fsp3) is 0.357.